The smallest absolute Gasteiger partial charge is 0.362 e. The number of aromatic nitrogens is 4. The zero-order valence-corrected chi connectivity index (χ0v) is 17.0. The molecule has 12 heteroatoms. The van der Waals surface area contributed by atoms with Crippen molar-refractivity contribution in [2.75, 3.05) is 0 Å². The molecule has 0 saturated heterocycles. The zero-order valence-electron chi connectivity index (χ0n) is 15.5. The number of rotatable bonds is 5. The second-order valence-corrected chi connectivity index (χ2v) is 7.25. The van der Waals surface area contributed by atoms with Crippen molar-refractivity contribution in [1.82, 2.24) is 19.7 Å². The lowest BCUT2D eigenvalue weighted by Crippen LogP contribution is -2.35. The van der Waals surface area contributed by atoms with Crippen molar-refractivity contribution < 1.29 is 14.6 Å². The van der Waals surface area contributed by atoms with Gasteiger partial charge in [-0.05, 0) is 24.1 Å². The van der Waals surface area contributed by atoms with Gasteiger partial charge in [-0.3, -0.25) is 14.6 Å². The van der Waals surface area contributed by atoms with Gasteiger partial charge in [-0.15, -0.1) is 0 Å². The van der Waals surface area contributed by atoms with E-state index in [4.69, 9.17) is 33.0 Å². The molecule has 10 nitrogen and oxygen atoms in total. The molecule has 0 spiro atoms. The highest BCUT2D eigenvalue weighted by Crippen LogP contribution is 2.38. The Morgan fingerprint density at radius 3 is 2.33 bits per heavy atom. The molecule has 0 radical (unpaired) electrons. The van der Waals surface area contributed by atoms with Gasteiger partial charge in [-0.2, -0.15) is 9.78 Å². The zero-order chi connectivity index (χ0) is 22.2. The minimum atomic E-state index is -1.61. The molecule has 0 amide bonds. The van der Waals surface area contributed by atoms with E-state index in [-0.39, 0.29) is 38.7 Å². The van der Waals surface area contributed by atoms with E-state index in [2.05, 4.69) is 10.1 Å². The molecule has 0 atom stereocenters. The van der Waals surface area contributed by atoms with Gasteiger partial charge in [-0.25, -0.2) is 9.59 Å². The summed E-state index contributed by atoms with van der Waals surface area (Å²) < 4.78 is 6.34. The van der Waals surface area contributed by atoms with Crippen LogP contribution < -0.4 is 21.5 Å². The van der Waals surface area contributed by atoms with Gasteiger partial charge in [0.15, 0.2) is 5.75 Å². The number of carboxylic acids is 1. The first-order valence-electron chi connectivity index (χ1n) is 8.45. The first kappa shape index (κ1) is 21.3. The molecule has 3 aromatic rings. The summed E-state index contributed by atoms with van der Waals surface area (Å²) in [6, 6.07) is 4.07. The number of carboxylic acid groups (broad SMARTS) is 1. The number of ether oxygens (including phenoxy) is 1. The van der Waals surface area contributed by atoms with E-state index in [1.54, 1.807) is 6.07 Å². The Labute approximate surface area is 177 Å². The van der Waals surface area contributed by atoms with Crippen LogP contribution in [0.15, 0.2) is 38.8 Å². The van der Waals surface area contributed by atoms with Gasteiger partial charge in [0.25, 0.3) is 11.1 Å². The maximum absolute atomic E-state index is 12.0. The molecule has 0 saturated carbocycles. The van der Waals surface area contributed by atoms with Gasteiger partial charge >= 0.3 is 11.7 Å². The number of nitrogens with one attached hydrogen (secondary N) is 2. The number of hydrogen-bond acceptors (Lipinski definition) is 6. The van der Waals surface area contributed by atoms with E-state index in [1.165, 1.54) is 18.3 Å². The third kappa shape index (κ3) is 4.14. The standard InChI is InChI=1S/C18H14Cl2N4O6/c1-7(2)10-5-9(6-21-15(10)25)30-14-11(19)3-8(4-12(14)20)24-18(29)22-16(26)13(23-24)17(27)28/h3-7H,1-2H3,(H,21,25)(H,27,28)(H,22,26,29). The van der Waals surface area contributed by atoms with Crippen LogP contribution in [0.3, 0.4) is 0 Å². The van der Waals surface area contributed by atoms with E-state index < -0.39 is 22.9 Å². The monoisotopic (exact) mass is 452 g/mol. The highest BCUT2D eigenvalue weighted by Gasteiger charge is 2.18. The number of H-pyrrole nitrogens is 2. The number of pyridine rings is 1. The molecule has 1 aromatic carbocycles. The summed E-state index contributed by atoms with van der Waals surface area (Å²) in [5.41, 5.74) is -2.74. The number of nitrogens with zero attached hydrogens (tertiary/aromatic N) is 2. The SMILES string of the molecule is CC(C)c1cc(Oc2c(Cl)cc(-n3nc(C(=O)O)c(=O)[nH]c3=O)cc2Cl)c[nH]c1=O. The minimum Gasteiger partial charge on any atom is -0.476 e. The van der Waals surface area contributed by atoms with E-state index in [0.29, 0.717) is 10.2 Å². The number of aromatic carboxylic acids is 1. The quantitative estimate of drug-likeness (QED) is 0.538. The molecule has 3 N–H and O–H groups in total. The largest absolute Gasteiger partial charge is 0.476 e. The van der Waals surface area contributed by atoms with Gasteiger partial charge in [0, 0.05) is 11.8 Å². The normalized spacial score (nSPS) is 11.0. The summed E-state index contributed by atoms with van der Waals surface area (Å²) in [5, 5.41) is 12.5. The van der Waals surface area contributed by atoms with Crippen LogP contribution in [0.4, 0.5) is 0 Å². The van der Waals surface area contributed by atoms with Gasteiger partial charge in [0.2, 0.25) is 5.69 Å². The average Bonchev–Trinajstić information content (AvgIpc) is 2.65. The summed E-state index contributed by atoms with van der Waals surface area (Å²) in [6.45, 7) is 3.70. The Morgan fingerprint density at radius 1 is 1.13 bits per heavy atom. The summed E-state index contributed by atoms with van der Waals surface area (Å²) in [6.07, 6.45) is 1.35. The Bertz CT molecular complexity index is 1300. The fourth-order valence-electron chi connectivity index (χ4n) is 2.57. The second-order valence-electron chi connectivity index (χ2n) is 6.44. The summed E-state index contributed by atoms with van der Waals surface area (Å²) in [7, 11) is 0. The van der Waals surface area contributed by atoms with E-state index in [9.17, 15) is 19.2 Å². The maximum Gasteiger partial charge on any atom is 0.362 e. The molecule has 0 bridgehead atoms. The highest BCUT2D eigenvalue weighted by atomic mass is 35.5. The van der Waals surface area contributed by atoms with Crippen molar-refractivity contribution in [1.29, 1.82) is 0 Å². The van der Waals surface area contributed by atoms with Gasteiger partial charge in [0.05, 0.1) is 15.7 Å². The number of hydrogen-bond donors (Lipinski definition) is 3. The lowest BCUT2D eigenvalue weighted by Gasteiger charge is -2.13. The topological polar surface area (TPSA) is 147 Å². The van der Waals surface area contributed by atoms with Crippen LogP contribution in [0, 0.1) is 0 Å². The lowest BCUT2D eigenvalue weighted by atomic mass is 10.1. The highest BCUT2D eigenvalue weighted by molar-refractivity contribution is 6.37. The van der Waals surface area contributed by atoms with Gasteiger partial charge in [-0.1, -0.05) is 37.0 Å². The molecule has 0 aliphatic rings. The maximum atomic E-state index is 12.0. The molecule has 0 fully saturated rings. The number of carbonyl (C=O) groups is 1. The van der Waals surface area contributed by atoms with Crippen LogP contribution in [-0.4, -0.2) is 30.8 Å². The van der Waals surface area contributed by atoms with Crippen molar-refractivity contribution in [3.63, 3.8) is 0 Å². The molecule has 30 heavy (non-hydrogen) atoms. The van der Waals surface area contributed by atoms with E-state index in [0.717, 1.165) is 0 Å². The van der Waals surface area contributed by atoms with Gasteiger partial charge < -0.3 is 14.8 Å². The first-order chi connectivity index (χ1) is 14.1. The van der Waals surface area contributed by atoms with Crippen LogP contribution in [0.1, 0.15) is 35.8 Å². The fraction of sp³-hybridized carbons (Fsp3) is 0.167. The van der Waals surface area contributed by atoms with Crippen molar-refractivity contribution >= 4 is 29.2 Å². The summed E-state index contributed by atoms with van der Waals surface area (Å²) >= 11 is 12.5. The molecule has 0 aliphatic carbocycles. The molecule has 2 aromatic heterocycles. The van der Waals surface area contributed by atoms with Gasteiger partial charge in [0.1, 0.15) is 5.75 Å². The molecular formula is C18H14Cl2N4O6. The van der Waals surface area contributed by atoms with Crippen molar-refractivity contribution in [3.8, 4) is 17.2 Å². The predicted molar refractivity (Wildman–Crippen MR) is 109 cm³/mol. The van der Waals surface area contributed by atoms with Crippen molar-refractivity contribution in [2.24, 2.45) is 0 Å². The summed E-state index contributed by atoms with van der Waals surface area (Å²) in [4.78, 5) is 51.0. The Morgan fingerprint density at radius 2 is 1.77 bits per heavy atom. The molecule has 2 heterocycles. The van der Waals surface area contributed by atoms with Crippen LogP contribution in [-0.2, 0) is 0 Å². The van der Waals surface area contributed by atoms with Crippen molar-refractivity contribution in [3.05, 3.63) is 76.9 Å². The molecule has 0 unspecified atom stereocenters. The molecular weight excluding hydrogens is 439 g/mol. The molecule has 0 aliphatic heterocycles. The number of aromatic amines is 2. The lowest BCUT2D eigenvalue weighted by molar-refractivity contribution is 0.0685. The second kappa shape index (κ2) is 8.17. The third-order valence-corrected chi connectivity index (χ3v) is 4.57. The fourth-order valence-corrected chi connectivity index (χ4v) is 3.12. The Hall–Kier alpha value is -3.37. The van der Waals surface area contributed by atoms with Crippen LogP contribution in [0.2, 0.25) is 10.0 Å². The van der Waals surface area contributed by atoms with E-state index in [1.807, 2.05) is 18.8 Å². The molecule has 156 valence electrons. The number of benzene rings is 1. The van der Waals surface area contributed by atoms with E-state index >= 15 is 0 Å². The minimum absolute atomic E-state index is 0.00504. The average molecular weight is 453 g/mol. The van der Waals surface area contributed by atoms with Crippen molar-refractivity contribution in [2.45, 2.75) is 19.8 Å². The third-order valence-electron chi connectivity index (χ3n) is 4.01. The summed E-state index contributed by atoms with van der Waals surface area (Å²) in [5.74, 6) is -1.34. The number of halogens is 2. The molecule has 3 rings (SSSR count). The first-order valence-corrected chi connectivity index (χ1v) is 9.21. The van der Waals surface area contributed by atoms with Crippen LogP contribution in [0.5, 0.6) is 11.5 Å². The Balaban J connectivity index is 2.06. The van der Waals surface area contributed by atoms with Crippen LogP contribution >= 0.6 is 23.2 Å². The predicted octanol–water partition coefficient (Wildman–Crippen LogP) is 2.53. The van der Waals surface area contributed by atoms with Crippen LogP contribution in [0.25, 0.3) is 5.69 Å². The Kier molecular flexibility index (Phi) is 5.81.